The summed E-state index contributed by atoms with van der Waals surface area (Å²) >= 11 is 0. The number of amides is 1. The molecule has 20 heavy (non-hydrogen) atoms. The number of hydrogen-bond acceptors (Lipinski definition) is 3. The normalized spacial score (nSPS) is 17.7. The first-order valence-corrected chi connectivity index (χ1v) is 6.96. The standard InChI is InChI=1S/C15H21FN2O2/c1-17-7-8-18-14(19)15(5-9-20-10-6-15)12-3-2-4-13(16)11-12/h2-4,11,17H,5-10H2,1H3,(H,18,19). The molecule has 1 aliphatic heterocycles. The zero-order valence-electron chi connectivity index (χ0n) is 11.7. The van der Waals surface area contributed by atoms with Crippen molar-refractivity contribution in [3.8, 4) is 0 Å². The molecule has 0 bridgehead atoms. The van der Waals surface area contributed by atoms with Gasteiger partial charge in [-0.3, -0.25) is 4.79 Å². The lowest BCUT2D eigenvalue weighted by Gasteiger charge is -2.36. The lowest BCUT2D eigenvalue weighted by molar-refractivity contribution is -0.130. The van der Waals surface area contributed by atoms with E-state index in [9.17, 15) is 9.18 Å². The summed E-state index contributed by atoms with van der Waals surface area (Å²) in [4.78, 5) is 12.6. The Kier molecular flexibility index (Phi) is 5.09. The van der Waals surface area contributed by atoms with Crippen molar-refractivity contribution in [3.63, 3.8) is 0 Å². The topological polar surface area (TPSA) is 50.4 Å². The van der Waals surface area contributed by atoms with Crippen LogP contribution in [0.5, 0.6) is 0 Å². The molecular formula is C15H21FN2O2. The Balaban J connectivity index is 2.23. The molecular weight excluding hydrogens is 259 g/mol. The number of rotatable bonds is 5. The minimum Gasteiger partial charge on any atom is -0.381 e. The van der Waals surface area contributed by atoms with Crippen molar-refractivity contribution >= 4 is 5.91 Å². The van der Waals surface area contributed by atoms with E-state index in [4.69, 9.17) is 4.74 Å². The van der Waals surface area contributed by atoms with Gasteiger partial charge in [0.15, 0.2) is 0 Å². The SMILES string of the molecule is CNCCNC(=O)C1(c2cccc(F)c2)CCOCC1. The van der Waals surface area contributed by atoms with E-state index in [0.29, 0.717) is 39.1 Å². The van der Waals surface area contributed by atoms with Crippen LogP contribution in [0.4, 0.5) is 4.39 Å². The minimum atomic E-state index is -0.673. The van der Waals surface area contributed by atoms with Gasteiger partial charge < -0.3 is 15.4 Å². The van der Waals surface area contributed by atoms with Crippen LogP contribution in [-0.4, -0.2) is 39.3 Å². The van der Waals surface area contributed by atoms with Crippen LogP contribution >= 0.6 is 0 Å². The summed E-state index contributed by atoms with van der Waals surface area (Å²) in [6, 6.07) is 6.34. The highest BCUT2D eigenvalue weighted by atomic mass is 19.1. The summed E-state index contributed by atoms with van der Waals surface area (Å²) in [6.07, 6.45) is 1.17. The Morgan fingerprint density at radius 1 is 1.35 bits per heavy atom. The number of likely N-dealkylation sites (N-methyl/N-ethyl adjacent to an activating group) is 1. The van der Waals surface area contributed by atoms with Crippen LogP contribution in [0.1, 0.15) is 18.4 Å². The molecule has 1 fully saturated rings. The molecule has 0 unspecified atom stereocenters. The second-order valence-corrected chi connectivity index (χ2v) is 5.06. The van der Waals surface area contributed by atoms with Gasteiger partial charge in [0, 0.05) is 26.3 Å². The predicted molar refractivity (Wildman–Crippen MR) is 75.1 cm³/mol. The van der Waals surface area contributed by atoms with Gasteiger partial charge in [0.05, 0.1) is 5.41 Å². The molecule has 0 aromatic heterocycles. The average Bonchev–Trinajstić information content (AvgIpc) is 2.48. The molecule has 4 nitrogen and oxygen atoms in total. The fraction of sp³-hybridized carbons (Fsp3) is 0.533. The molecule has 2 rings (SSSR count). The Hall–Kier alpha value is -1.46. The van der Waals surface area contributed by atoms with E-state index in [1.165, 1.54) is 12.1 Å². The lowest BCUT2D eigenvalue weighted by Crippen LogP contribution is -2.49. The first-order chi connectivity index (χ1) is 9.69. The van der Waals surface area contributed by atoms with E-state index in [1.54, 1.807) is 6.07 Å². The number of carbonyl (C=O) groups excluding carboxylic acids is 1. The first-order valence-electron chi connectivity index (χ1n) is 6.96. The summed E-state index contributed by atoms with van der Waals surface area (Å²) < 4.78 is 18.9. The van der Waals surface area contributed by atoms with Gasteiger partial charge >= 0.3 is 0 Å². The number of hydrogen-bond donors (Lipinski definition) is 2. The van der Waals surface area contributed by atoms with E-state index < -0.39 is 5.41 Å². The Labute approximate surface area is 118 Å². The van der Waals surface area contributed by atoms with E-state index >= 15 is 0 Å². The van der Waals surface area contributed by atoms with Crippen molar-refractivity contribution in [1.82, 2.24) is 10.6 Å². The third kappa shape index (κ3) is 3.16. The quantitative estimate of drug-likeness (QED) is 0.797. The van der Waals surface area contributed by atoms with Crippen molar-refractivity contribution in [1.29, 1.82) is 0 Å². The third-order valence-electron chi connectivity index (χ3n) is 3.82. The molecule has 1 heterocycles. The second kappa shape index (κ2) is 6.81. The van der Waals surface area contributed by atoms with Gasteiger partial charge in [0.1, 0.15) is 5.82 Å². The van der Waals surface area contributed by atoms with Crippen molar-refractivity contribution in [2.75, 3.05) is 33.4 Å². The van der Waals surface area contributed by atoms with Crippen LogP contribution in [0.3, 0.4) is 0 Å². The maximum atomic E-state index is 13.5. The molecule has 2 N–H and O–H groups in total. The number of benzene rings is 1. The Morgan fingerprint density at radius 3 is 2.75 bits per heavy atom. The van der Waals surface area contributed by atoms with Gasteiger partial charge in [0.25, 0.3) is 0 Å². The summed E-state index contributed by atoms with van der Waals surface area (Å²) in [6.45, 7) is 2.32. The van der Waals surface area contributed by atoms with Crippen LogP contribution in [0.2, 0.25) is 0 Å². The first kappa shape index (κ1) is 14.9. The lowest BCUT2D eigenvalue weighted by atomic mass is 9.73. The van der Waals surface area contributed by atoms with E-state index in [1.807, 2.05) is 13.1 Å². The van der Waals surface area contributed by atoms with Gasteiger partial charge in [-0.2, -0.15) is 0 Å². The molecule has 1 saturated heterocycles. The highest BCUT2D eigenvalue weighted by molar-refractivity contribution is 5.88. The number of nitrogens with one attached hydrogen (secondary N) is 2. The number of halogens is 1. The third-order valence-corrected chi connectivity index (χ3v) is 3.82. The van der Waals surface area contributed by atoms with Crippen molar-refractivity contribution in [3.05, 3.63) is 35.6 Å². The van der Waals surface area contributed by atoms with Gasteiger partial charge in [0.2, 0.25) is 5.91 Å². The smallest absolute Gasteiger partial charge is 0.230 e. The maximum Gasteiger partial charge on any atom is 0.230 e. The predicted octanol–water partition coefficient (Wildman–Crippen LogP) is 1.21. The van der Waals surface area contributed by atoms with Crippen LogP contribution in [0, 0.1) is 5.82 Å². The fourth-order valence-electron chi connectivity index (χ4n) is 2.62. The van der Waals surface area contributed by atoms with Crippen molar-refractivity contribution in [2.24, 2.45) is 0 Å². The van der Waals surface area contributed by atoms with Gasteiger partial charge in [-0.15, -0.1) is 0 Å². The number of carbonyl (C=O) groups is 1. The fourth-order valence-corrected chi connectivity index (χ4v) is 2.62. The molecule has 0 atom stereocenters. The molecule has 0 aliphatic carbocycles. The molecule has 1 amide bonds. The zero-order valence-corrected chi connectivity index (χ0v) is 11.7. The van der Waals surface area contributed by atoms with E-state index in [-0.39, 0.29) is 11.7 Å². The average molecular weight is 280 g/mol. The van der Waals surface area contributed by atoms with Gasteiger partial charge in [-0.25, -0.2) is 4.39 Å². The van der Waals surface area contributed by atoms with Gasteiger partial charge in [-0.05, 0) is 37.6 Å². The second-order valence-electron chi connectivity index (χ2n) is 5.06. The van der Waals surface area contributed by atoms with Crippen LogP contribution in [-0.2, 0) is 14.9 Å². The highest BCUT2D eigenvalue weighted by Crippen LogP contribution is 2.35. The van der Waals surface area contributed by atoms with Crippen LogP contribution in [0.15, 0.2) is 24.3 Å². The summed E-state index contributed by atoms with van der Waals surface area (Å²) in [7, 11) is 1.84. The molecule has 1 aliphatic rings. The molecule has 0 spiro atoms. The summed E-state index contributed by atoms with van der Waals surface area (Å²) in [5, 5.41) is 5.92. The molecule has 1 aromatic carbocycles. The Bertz CT molecular complexity index is 459. The largest absolute Gasteiger partial charge is 0.381 e. The van der Waals surface area contributed by atoms with Gasteiger partial charge in [-0.1, -0.05) is 12.1 Å². The summed E-state index contributed by atoms with van der Waals surface area (Å²) in [5.74, 6) is -0.349. The molecule has 5 heteroatoms. The van der Waals surface area contributed by atoms with E-state index in [2.05, 4.69) is 10.6 Å². The molecule has 1 aromatic rings. The van der Waals surface area contributed by atoms with Crippen molar-refractivity contribution < 1.29 is 13.9 Å². The van der Waals surface area contributed by atoms with E-state index in [0.717, 1.165) is 5.56 Å². The van der Waals surface area contributed by atoms with Crippen LogP contribution < -0.4 is 10.6 Å². The minimum absolute atomic E-state index is 0.0401. The van der Waals surface area contributed by atoms with Crippen LogP contribution in [0.25, 0.3) is 0 Å². The zero-order chi connectivity index (χ0) is 14.4. The van der Waals surface area contributed by atoms with Crippen molar-refractivity contribution in [2.45, 2.75) is 18.3 Å². The molecule has 0 saturated carbocycles. The molecule has 110 valence electrons. The molecule has 0 radical (unpaired) electrons. The maximum absolute atomic E-state index is 13.5. The number of ether oxygens (including phenoxy) is 1. The highest BCUT2D eigenvalue weighted by Gasteiger charge is 2.41. The Morgan fingerprint density at radius 2 is 2.10 bits per heavy atom. The monoisotopic (exact) mass is 280 g/mol. The summed E-state index contributed by atoms with van der Waals surface area (Å²) in [5.41, 5.74) is 0.0661.